The third kappa shape index (κ3) is 1.95. The normalized spacial score (nSPS) is 24.5. The molecule has 0 fully saturated rings. The van der Waals surface area contributed by atoms with Crippen LogP contribution in [0, 0.1) is 5.82 Å². The number of halogens is 1. The van der Waals surface area contributed by atoms with Crippen molar-refractivity contribution in [3.8, 4) is 0 Å². The van der Waals surface area contributed by atoms with Gasteiger partial charge in [-0.05, 0) is 34.2 Å². The molecule has 1 aliphatic heterocycles. The molecule has 0 radical (unpaired) electrons. The van der Waals surface area contributed by atoms with Crippen LogP contribution < -0.4 is 5.84 Å². The fourth-order valence-electron chi connectivity index (χ4n) is 1.30. The molecule has 0 amide bonds. The predicted octanol–water partition coefficient (Wildman–Crippen LogP) is 1.70. The summed E-state index contributed by atoms with van der Waals surface area (Å²) in [7, 11) is 1.68. The zero-order valence-electron chi connectivity index (χ0n) is 9.14. The fourth-order valence-corrected chi connectivity index (χ4v) is 1.30. The van der Waals surface area contributed by atoms with Crippen molar-refractivity contribution in [1.29, 1.82) is 0 Å². The lowest BCUT2D eigenvalue weighted by molar-refractivity contribution is -1.07. The van der Waals surface area contributed by atoms with Gasteiger partial charge in [0.25, 0.3) is 0 Å². The van der Waals surface area contributed by atoms with Crippen molar-refractivity contribution in [2.75, 3.05) is 7.05 Å². The van der Waals surface area contributed by atoms with Crippen LogP contribution in [0.15, 0.2) is 41.2 Å². The van der Waals surface area contributed by atoms with Gasteiger partial charge >= 0.3 is 0 Å². The van der Waals surface area contributed by atoms with Crippen LogP contribution in [0.2, 0.25) is 0 Å². The Hall–Kier alpha value is -1.72. The third-order valence-electron chi connectivity index (χ3n) is 2.49. The van der Waals surface area contributed by atoms with Crippen LogP contribution in [0.4, 0.5) is 4.39 Å². The number of nitrogens with zero attached hydrogens (tertiary/aromatic N) is 2. The monoisotopic (exact) mass is 222 g/mol. The second-order valence-electron chi connectivity index (χ2n) is 3.84. The highest BCUT2D eigenvalue weighted by molar-refractivity contribution is 6.08. The van der Waals surface area contributed by atoms with E-state index in [0.29, 0.717) is 5.71 Å². The zero-order chi connectivity index (χ0) is 11.8. The van der Waals surface area contributed by atoms with E-state index >= 15 is 0 Å². The van der Waals surface area contributed by atoms with Gasteiger partial charge in [-0.15, -0.1) is 5.84 Å². The van der Waals surface area contributed by atoms with Crippen molar-refractivity contribution in [2.45, 2.75) is 6.92 Å². The second kappa shape index (κ2) is 3.70. The summed E-state index contributed by atoms with van der Waals surface area (Å²) in [6.45, 7) is 1.85. The minimum atomic E-state index is -0.277. The highest BCUT2D eigenvalue weighted by Crippen LogP contribution is 2.17. The molecular weight excluding hydrogens is 209 g/mol. The molecule has 1 aromatic rings. The maximum atomic E-state index is 12.7. The highest BCUT2D eigenvalue weighted by atomic mass is 19.1. The van der Waals surface area contributed by atoms with Gasteiger partial charge in [-0.1, -0.05) is 0 Å². The molecule has 1 atom stereocenters. The number of hydrogen-bond donors (Lipinski definition) is 1. The lowest BCUT2D eigenvalue weighted by Gasteiger charge is -2.24. The van der Waals surface area contributed by atoms with E-state index in [1.165, 1.54) is 12.1 Å². The number of allylic oxidation sites excluding steroid dienone is 2. The van der Waals surface area contributed by atoms with Crippen LogP contribution in [0.25, 0.3) is 0 Å². The summed E-state index contributed by atoms with van der Waals surface area (Å²) in [5, 5.41) is 3.90. The second-order valence-corrected chi connectivity index (χ2v) is 3.84. The van der Waals surface area contributed by atoms with E-state index in [0.717, 1.165) is 11.3 Å². The van der Waals surface area contributed by atoms with Crippen molar-refractivity contribution in [2.24, 2.45) is 11.0 Å². The Morgan fingerprint density at radius 2 is 1.94 bits per heavy atom. The summed E-state index contributed by atoms with van der Waals surface area (Å²) in [6.07, 6.45) is 1.82. The lowest BCUT2D eigenvalue weighted by atomic mass is 10.1. The average Bonchev–Trinajstić information content (AvgIpc) is 2.24. The molecule has 5 heteroatoms. The highest BCUT2D eigenvalue weighted by Gasteiger charge is 2.27. The van der Waals surface area contributed by atoms with Gasteiger partial charge in [-0.25, -0.2) is 4.39 Å². The molecule has 1 heterocycles. The molecule has 1 unspecified atom stereocenters. The minimum absolute atomic E-state index is 0.218. The first-order valence-electron chi connectivity index (χ1n) is 4.86. The lowest BCUT2D eigenvalue weighted by Crippen LogP contribution is -2.49. The van der Waals surface area contributed by atoms with E-state index in [4.69, 9.17) is 10.8 Å². The quantitative estimate of drug-likeness (QED) is 0.580. The van der Waals surface area contributed by atoms with Gasteiger partial charge in [-0.3, -0.25) is 0 Å². The number of quaternary nitrogens is 1. The fraction of sp³-hybridized carbons (Fsp3) is 0.182. The minimum Gasteiger partial charge on any atom is -0.207 e. The van der Waals surface area contributed by atoms with Crippen molar-refractivity contribution in [3.05, 3.63) is 47.4 Å². The van der Waals surface area contributed by atoms with E-state index in [2.05, 4.69) is 5.16 Å². The van der Waals surface area contributed by atoms with Crippen molar-refractivity contribution < 1.29 is 14.1 Å². The maximum Gasteiger partial charge on any atom is 0.173 e. The predicted molar refractivity (Wildman–Crippen MR) is 58.2 cm³/mol. The molecule has 0 aromatic heterocycles. The molecule has 2 N–H and O–H groups in total. The molecular formula is C11H13FN3O+. The summed E-state index contributed by atoms with van der Waals surface area (Å²) in [6, 6.07) is 6.05. The molecule has 16 heavy (non-hydrogen) atoms. The summed E-state index contributed by atoms with van der Waals surface area (Å²) in [4.78, 5) is 5.12. The summed E-state index contributed by atoms with van der Waals surface area (Å²) >= 11 is 0. The molecule has 4 nitrogen and oxygen atoms in total. The van der Waals surface area contributed by atoms with Gasteiger partial charge in [0, 0.05) is 18.6 Å². The number of benzene rings is 1. The molecule has 1 aromatic carbocycles. The largest absolute Gasteiger partial charge is 0.207 e. The van der Waals surface area contributed by atoms with Gasteiger partial charge in [0.05, 0.1) is 0 Å². The number of hydrogen-bond acceptors (Lipinski definition) is 3. The molecule has 0 saturated heterocycles. The van der Waals surface area contributed by atoms with Crippen LogP contribution in [0.1, 0.15) is 12.5 Å². The van der Waals surface area contributed by atoms with Gasteiger partial charge in [-0.2, -0.15) is 4.94 Å². The van der Waals surface area contributed by atoms with Crippen LogP contribution in [-0.4, -0.2) is 17.5 Å². The number of hydroxylamine groups is 2. The molecule has 0 saturated carbocycles. The van der Waals surface area contributed by atoms with E-state index in [-0.39, 0.29) is 10.6 Å². The Labute approximate surface area is 92.9 Å². The first kappa shape index (κ1) is 10.8. The standard InChI is InChI=1S/C11H13FN3O/c1-8-7-11(14-16-15(8,2)13)9-3-5-10(12)6-4-9/h3-7H,13H2,1-2H3/q+1. The van der Waals surface area contributed by atoms with Crippen LogP contribution in [0.5, 0.6) is 0 Å². The maximum absolute atomic E-state index is 12.7. The van der Waals surface area contributed by atoms with Crippen molar-refractivity contribution in [3.63, 3.8) is 0 Å². The van der Waals surface area contributed by atoms with E-state index < -0.39 is 0 Å². The molecule has 0 bridgehead atoms. The van der Waals surface area contributed by atoms with E-state index in [1.807, 2.05) is 13.0 Å². The Kier molecular flexibility index (Phi) is 2.49. The summed E-state index contributed by atoms with van der Waals surface area (Å²) < 4.78 is 12.5. The van der Waals surface area contributed by atoms with E-state index in [1.54, 1.807) is 19.2 Å². The first-order valence-corrected chi connectivity index (χ1v) is 4.86. The topological polar surface area (TPSA) is 47.6 Å². The van der Waals surface area contributed by atoms with Gasteiger partial charge < -0.3 is 0 Å². The van der Waals surface area contributed by atoms with Gasteiger partial charge in [0.2, 0.25) is 0 Å². The van der Waals surface area contributed by atoms with Gasteiger partial charge in [0.15, 0.2) is 5.70 Å². The Morgan fingerprint density at radius 3 is 2.50 bits per heavy atom. The van der Waals surface area contributed by atoms with Crippen LogP contribution in [0.3, 0.4) is 0 Å². The van der Waals surface area contributed by atoms with Crippen LogP contribution in [-0.2, 0) is 4.94 Å². The Morgan fingerprint density at radius 1 is 1.31 bits per heavy atom. The Bertz CT molecular complexity index is 463. The third-order valence-corrected chi connectivity index (χ3v) is 2.49. The average molecular weight is 222 g/mol. The van der Waals surface area contributed by atoms with Crippen molar-refractivity contribution >= 4 is 5.71 Å². The molecule has 1 aliphatic rings. The number of rotatable bonds is 1. The number of oxime groups is 1. The van der Waals surface area contributed by atoms with Crippen molar-refractivity contribution in [1.82, 2.24) is 0 Å². The summed E-state index contributed by atoms with van der Waals surface area (Å²) in [5.41, 5.74) is 2.24. The van der Waals surface area contributed by atoms with Crippen LogP contribution >= 0.6 is 0 Å². The SMILES string of the molecule is CC1=CC(c2ccc(F)cc2)=NO[N+]1(C)N. The molecule has 84 valence electrons. The molecule has 0 aliphatic carbocycles. The molecule has 2 rings (SSSR count). The number of nitrogens with two attached hydrogens (primary N) is 1. The smallest absolute Gasteiger partial charge is 0.173 e. The molecule has 0 spiro atoms. The first-order chi connectivity index (χ1) is 7.49. The summed E-state index contributed by atoms with van der Waals surface area (Å²) in [5.74, 6) is 5.49. The Balaban J connectivity index is 2.32. The zero-order valence-corrected chi connectivity index (χ0v) is 9.14. The van der Waals surface area contributed by atoms with Gasteiger partial charge in [0.1, 0.15) is 18.6 Å². The van der Waals surface area contributed by atoms with E-state index in [9.17, 15) is 4.39 Å².